The zero-order valence-electron chi connectivity index (χ0n) is 12.6. The third-order valence-corrected chi connectivity index (χ3v) is 6.05. The number of hydrogen-bond acceptors (Lipinski definition) is 3. The van der Waals surface area contributed by atoms with Crippen molar-refractivity contribution in [3.63, 3.8) is 0 Å². The van der Waals surface area contributed by atoms with Gasteiger partial charge in [0.15, 0.2) is 0 Å². The zero-order chi connectivity index (χ0) is 15.8. The molecule has 2 rings (SSSR count). The average Bonchev–Trinajstić information content (AvgIpc) is 2.89. The molecule has 0 aromatic heterocycles. The van der Waals surface area contributed by atoms with Gasteiger partial charge in [0, 0.05) is 13.1 Å². The first kappa shape index (κ1) is 16.4. The molecule has 0 aliphatic carbocycles. The summed E-state index contributed by atoms with van der Waals surface area (Å²) in [6.45, 7) is 6.76. The Bertz CT molecular complexity index is 622. The second kappa shape index (κ2) is 5.66. The van der Waals surface area contributed by atoms with Gasteiger partial charge in [-0.25, -0.2) is 12.8 Å². The van der Waals surface area contributed by atoms with Crippen LogP contribution in [0.5, 0.6) is 0 Å². The summed E-state index contributed by atoms with van der Waals surface area (Å²) in [5.74, 6) is -0.511. The third-order valence-electron chi connectivity index (χ3n) is 4.17. The van der Waals surface area contributed by atoms with Crippen molar-refractivity contribution in [2.24, 2.45) is 11.3 Å². The van der Waals surface area contributed by atoms with Crippen LogP contribution in [0.25, 0.3) is 0 Å². The number of halogens is 1. The molecule has 0 radical (unpaired) electrons. The van der Waals surface area contributed by atoms with Crippen LogP contribution < -0.4 is 0 Å². The van der Waals surface area contributed by atoms with Gasteiger partial charge in [-0.3, -0.25) is 0 Å². The molecule has 4 nitrogen and oxygen atoms in total. The van der Waals surface area contributed by atoms with E-state index in [0.717, 1.165) is 12.5 Å². The van der Waals surface area contributed by atoms with E-state index in [2.05, 4.69) is 20.8 Å². The van der Waals surface area contributed by atoms with E-state index in [4.69, 9.17) is 5.11 Å². The Morgan fingerprint density at radius 3 is 2.57 bits per heavy atom. The topological polar surface area (TPSA) is 57.6 Å². The summed E-state index contributed by atoms with van der Waals surface area (Å²) in [5, 5.41) is 9.10. The Kier molecular flexibility index (Phi) is 4.42. The highest BCUT2D eigenvalue weighted by molar-refractivity contribution is 7.89. The van der Waals surface area contributed by atoms with Gasteiger partial charge in [0.05, 0.1) is 6.61 Å². The largest absolute Gasteiger partial charge is 0.392 e. The Balaban J connectivity index is 2.32. The molecule has 1 aliphatic rings. The first-order valence-electron chi connectivity index (χ1n) is 7.05. The van der Waals surface area contributed by atoms with Gasteiger partial charge in [-0.1, -0.05) is 26.8 Å². The Morgan fingerprint density at radius 1 is 1.38 bits per heavy atom. The van der Waals surface area contributed by atoms with Crippen molar-refractivity contribution >= 4 is 10.0 Å². The van der Waals surface area contributed by atoms with E-state index in [1.165, 1.54) is 16.4 Å². The monoisotopic (exact) mass is 315 g/mol. The highest BCUT2D eigenvalue weighted by atomic mass is 32.2. The van der Waals surface area contributed by atoms with Crippen molar-refractivity contribution in [1.82, 2.24) is 4.31 Å². The Labute approximate surface area is 125 Å². The van der Waals surface area contributed by atoms with E-state index in [-0.39, 0.29) is 22.8 Å². The van der Waals surface area contributed by atoms with Crippen molar-refractivity contribution in [2.45, 2.75) is 38.7 Å². The molecule has 0 spiro atoms. The van der Waals surface area contributed by atoms with Crippen LogP contribution in [0.3, 0.4) is 0 Å². The molecule has 1 atom stereocenters. The molecule has 1 aromatic carbocycles. The molecule has 21 heavy (non-hydrogen) atoms. The van der Waals surface area contributed by atoms with Crippen LogP contribution in [0.15, 0.2) is 23.1 Å². The van der Waals surface area contributed by atoms with Crippen molar-refractivity contribution in [3.05, 3.63) is 29.6 Å². The summed E-state index contributed by atoms with van der Waals surface area (Å²) in [6, 6.07) is 3.70. The number of aliphatic hydroxyl groups is 1. The van der Waals surface area contributed by atoms with Crippen molar-refractivity contribution < 1.29 is 17.9 Å². The lowest BCUT2D eigenvalue weighted by Gasteiger charge is -2.27. The SMILES string of the molecule is CC(C)(C)C1CCN(S(=O)(=O)c2cc(CO)ccc2F)C1. The number of aliphatic hydroxyl groups excluding tert-OH is 1. The van der Waals surface area contributed by atoms with Gasteiger partial charge in [-0.05, 0) is 35.4 Å². The molecule has 1 unspecified atom stereocenters. The quantitative estimate of drug-likeness (QED) is 0.931. The molecule has 1 saturated heterocycles. The summed E-state index contributed by atoms with van der Waals surface area (Å²) in [7, 11) is -3.85. The lowest BCUT2D eigenvalue weighted by Crippen LogP contribution is -2.31. The predicted molar refractivity (Wildman–Crippen MR) is 78.6 cm³/mol. The lowest BCUT2D eigenvalue weighted by atomic mass is 9.80. The van der Waals surface area contributed by atoms with Crippen LogP contribution >= 0.6 is 0 Å². The molecule has 1 N–H and O–H groups in total. The second-order valence-corrected chi connectivity index (χ2v) is 8.54. The molecule has 118 valence electrons. The third kappa shape index (κ3) is 3.27. The summed E-state index contributed by atoms with van der Waals surface area (Å²) in [4.78, 5) is -0.344. The minimum Gasteiger partial charge on any atom is -0.392 e. The molecule has 1 heterocycles. The minimum absolute atomic E-state index is 0.0236. The van der Waals surface area contributed by atoms with Crippen molar-refractivity contribution in [2.75, 3.05) is 13.1 Å². The predicted octanol–water partition coefficient (Wildman–Crippen LogP) is 2.37. The van der Waals surface area contributed by atoms with Crippen LogP contribution in [0, 0.1) is 17.2 Å². The lowest BCUT2D eigenvalue weighted by molar-refractivity contribution is 0.251. The van der Waals surface area contributed by atoms with Gasteiger partial charge >= 0.3 is 0 Å². The van der Waals surface area contributed by atoms with Crippen molar-refractivity contribution in [3.8, 4) is 0 Å². The molecule has 0 saturated carbocycles. The molecule has 0 amide bonds. The van der Waals surface area contributed by atoms with E-state index in [0.29, 0.717) is 18.7 Å². The molecule has 1 fully saturated rings. The fourth-order valence-corrected chi connectivity index (χ4v) is 4.25. The van der Waals surface area contributed by atoms with Crippen LogP contribution in [0.4, 0.5) is 4.39 Å². The minimum atomic E-state index is -3.85. The van der Waals surface area contributed by atoms with Crippen molar-refractivity contribution in [1.29, 1.82) is 0 Å². The summed E-state index contributed by atoms with van der Waals surface area (Å²) in [6.07, 6.45) is 0.782. The van der Waals surface area contributed by atoms with Gasteiger partial charge in [-0.15, -0.1) is 0 Å². The maximum atomic E-state index is 13.9. The van der Waals surface area contributed by atoms with Crippen LogP contribution in [-0.4, -0.2) is 30.9 Å². The van der Waals surface area contributed by atoms with Crippen LogP contribution in [0.2, 0.25) is 0 Å². The first-order chi connectivity index (χ1) is 9.66. The number of sulfonamides is 1. The van der Waals surface area contributed by atoms with E-state index in [1.807, 2.05) is 0 Å². The van der Waals surface area contributed by atoms with E-state index in [1.54, 1.807) is 0 Å². The number of benzene rings is 1. The average molecular weight is 315 g/mol. The zero-order valence-corrected chi connectivity index (χ0v) is 13.5. The maximum Gasteiger partial charge on any atom is 0.246 e. The summed E-state index contributed by atoms with van der Waals surface area (Å²) in [5.41, 5.74) is 0.414. The second-order valence-electron chi connectivity index (χ2n) is 6.64. The molecule has 0 bridgehead atoms. The van der Waals surface area contributed by atoms with E-state index in [9.17, 15) is 12.8 Å². The molecular formula is C15H22FNO3S. The molecule has 6 heteroatoms. The normalized spacial score (nSPS) is 20.9. The maximum absolute atomic E-state index is 13.9. The number of rotatable bonds is 3. The van der Waals surface area contributed by atoms with Crippen LogP contribution in [0.1, 0.15) is 32.8 Å². The number of hydrogen-bond donors (Lipinski definition) is 1. The molecular weight excluding hydrogens is 293 g/mol. The summed E-state index contributed by atoms with van der Waals surface area (Å²) >= 11 is 0. The van der Waals surface area contributed by atoms with Gasteiger partial charge < -0.3 is 5.11 Å². The summed E-state index contributed by atoms with van der Waals surface area (Å²) < 4.78 is 40.4. The molecule has 1 aliphatic heterocycles. The highest BCUT2D eigenvalue weighted by Gasteiger charge is 2.38. The number of nitrogens with zero attached hydrogens (tertiary/aromatic N) is 1. The van der Waals surface area contributed by atoms with E-state index < -0.39 is 15.8 Å². The Morgan fingerprint density at radius 2 is 2.05 bits per heavy atom. The first-order valence-corrected chi connectivity index (χ1v) is 8.49. The van der Waals surface area contributed by atoms with Gasteiger partial charge in [0.1, 0.15) is 10.7 Å². The van der Waals surface area contributed by atoms with Gasteiger partial charge in [0.25, 0.3) is 0 Å². The van der Waals surface area contributed by atoms with Crippen LogP contribution in [-0.2, 0) is 16.6 Å². The molecule has 1 aromatic rings. The fraction of sp³-hybridized carbons (Fsp3) is 0.600. The van der Waals surface area contributed by atoms with Gasteiger partial charge in [-0.2, -0.15) is 4.31 Å². The van der Waals surface area contributed by atoms with Gasteiger partial charge in [0.2, 0.25) is 10.0 Å². The smallest absolute Gasteiger partial charge is 0.246 e. The standard InChI is InChI=1S/C15H22FNO3S/c1-15(2,3)12-6-7-17(9-12)21(19,20)14-8-11(10-18)4-5-13(14)16/h4-5,8,12,18H,6-7,9-10H2,1-3H3. The Hall–Kier alpha value is -0.980. The van der Waals surface area contributed by atoms with E-state index >= 15 is 0 Å². The fourth-order valence-electron chi connectivity index (χ4n) is 2.64. The highest BCUT2D eigenvalue weighted by Crippen LogP contribution is 2.36.